The minimum atomic E-state index is -0.722. The van der Waals surface area contributed by atoms with Crippen molar-refractivity contribution in [3.05, 3.63) is 70.1 Å². The number of anilines is 1. The maximum atomic E-state index is 13.2. The van der Waals surface area contributed by atoms with Crippen molar-refractivity contribution in [2.75, 3.05) is 5.32 Å². The van der Waals surface area contributed by atoms with E-state index in [0.29, 0.717) is 11.1 Å². The molecule has 0 aliphatic rings. The highest BCUT2D eigenvalue weighted by Crippen LogP contribution is 2.32. The maximum Gasteiger partial charge on any atom is 0.276 e. The minimum Gasteiger partial charge on any atom is -0.324 e. The van der Waals surface area contributed by atoms with Crippen LogP contribution in [0.1, 0.15) is 31.1 Å². The summed E-state index contributed by atoms with van der Waals surface area (Å²) in [7, 11) is 0. The van der Waals surface area contributed by atoms with E-state index in [0.717, 1.165) is 26.9 Å². The van der Waals surface area contributed by atoms with Crippen LogP contribution in [-0.4, -0.2) is 15.7 Å². The number of carbonyl (C=O) groups excluding carboxylic acids is 1. The number of rotatable bonds is 4. The van der Waals surface area contributed by atoms with Gasteiger partial charge in [-0.2, -0.15) is 5.10 Å². The molecule has 2 aromatic heterocycles. The van der Waals surface area contributed by atoms with Crippen LogP contribution in [-0.2, 0) is 11.2 Å². The lowest BCUT2D eigenvalue weighted by Crippen LogP contribution is -2.33. The summed E-state index contributed by atoms with van der Waals surface area (Å²) < 4.78 is 3.22. The zero-order valence-electron chi connectivity index (χ0n) is 16.0. The summed E-state index contributed by atoms with van der Waals surface area (Å²) in [5.41, 5.74) is 2.43. The fourth-order valence-electron chi connectivity index (χ4n) is 3.32. The second-order valence-electron chi connectivity index (χ2n) is 6.85. The Labute approximate surface area is 166 Å². The molecule has 142 valence electrons. The molecule has 4 aromatic rings. The summed E-state index contributed by atoms with van der Waals surface area (Å²) in [6.07, 6.45) is 0.942. The number of hydrogen-bond acceptors (Lipinski definition) is 4. The average molecular weight is 391 g/mol. The molecule has 1 N–H and O–H groups in total. The Kier molecular flexibility index (Phi) is 4.73. The number of nitrogens with one attached hydrogen (secondary N) is 1. The molecular weight excluding hydrogens is 370 g/mol. The van der Waals surface area contributed by atoms with E-state index in [9.17, 15) is 9.59 Å². The lowest BCUT2D eigenvalue weighted by molar-refractivity contribution is -0.119. The molecule has 0 spiro atoms. The Morgan fingerprint density at radius 3 is 2.61 bits per heavy atom. The summed E-state index contributed by atoms with van der Waals surface area (Å²) in [4.78, 5) is 25.9. The van der Waals surface area contributed by atoms with Gasteiger partial charge in [-0.1, -0.05) is 37.3 Å². The molecule has 2 aromatic carbocycles. The van der Waals surface area contributed by atoms with Crippen LogP contribution in [0.2, 0.25) is 0 Å². The lowest BCUT2D eigenvalue weighted by Gasteiger charge is -2.15. The van der Waals surface area contributed by atoms with Crippen molar-refractivity contribution in [3.63, 3.8) is 0 Å². The molecule has 0 radical (unpaired) electrons. The molecule has 4 rings (SSSR count). The third-order valence-corrected chi connectivity index (χ3v) is 6.26. The van der Waals surface area contributed by atoms with Gasteiger partial charge >= 0.3 is 0 Å². The van der Waals surface area contributed by atoms with Crippen LogP contribution in [0, 0.1) is 6.92 Å². The quantitative estimate of drug-likeness (QED) is 0.549. The van der Waals surface area contributed by atoms with E-state index < -0.39 is 6.04 Å². The van der Waals surface area contributed by atoms with Crippen molar-refractivity contribution in [3.8, 4) is 0 Å². The number of benzene rings is 2. The van der Waals surface area contributed by atoms with Crippen LogP contribution in [0.4, 0.5) is 5.69 Å². The lowest BCUT2D eigenvalue weighted by atomic mass is 10.1. The van der Waals surface area contributed by atoms with Gasteiger partial charge in [0.2, 0.25) is 5.91 Å². The normalized spacial score (nSPS) is 12.4. The fraction of sp³-hybridized carbons (Fsp3) is 0.227. The molecule has 0 saturated heterocycles. The Hall–Kier alpha value is -2.99. The Balaban J connectivity index is 1.73. The zero-order chi connectivity index (χ0) is 19.8. The number of thiophene rings is 1. The van der Waals surface area contributed by atoms with Gasteiger partial charge in [0.25, 0.3) is 5.56 Å². The van der Waals surface area contributed by atoms with Crippen LogP contribution < -0.4 is 10.9 Å². The number of aryl methyl sites for hydroxylation is 2. The second-order valence-corrected chi connectivity index (χ2v) is 7.91. The minimum absolute atomic E-state index is 0.234. The number of hydrogen-bond donors (Lipinski definition) is 1. The van der Waals surface area contributed by atoms with Crippen LogP contribution in [0.3, 0.4) is 0 Å². The first-order chi connectivity index (χ1) is 13.5. The molecular formula is C22H21N3O2S. The number of amides is 1. The van der Waals surface area contributed by atoms with Crippen LogP contribution in [0.25, 0.3) is 20.2 Å². The topological polar surface area (TPSA) is 64.0 Å². The fourth-order valence-corrected chi connectivity index (χ4v) is 4.46. The first-order valence-electron chi connectivity index (χ1n) is 9.30. The van der Waals surface area contributed by atoms with Gasteiger partial charge in [0, 0.05) is 15.8 Å². The third-order valence-electron chi connectivity index (χ3n) is 4.98. The SMILES string of the molecule is CCc1ccc(NC(=O)[C@@H](C)n2nc(C)c3sc4ccccc4c3c2=O)cc1. The van der Waals surface area contributed by atoms with Crippen molar-refractivity contribution in [2.45, 2.75) is 33.2 Å². The molecule has 5 nitrogen and oxygen atoms in total. The highest BCUT2D eigenvalue weighted by molar-refractivity contribution is 7.26. The number of carbonyl (C=O) groups is 1. The van der Waals surface area contributed by atoms with E-state index in [2.05, 4.69) is 17.3 Å². The first-order valence-corrected chi connectivity index (χ1v) is 10.1. The average Bonchev–Trinajstić information content (AvgIpc) is 3.11. The largest absolute Gasteiger partial charge is 0.324 e. The first kappa shape index (κ1) is 18.4. The highest BCUT2D eigenvalue weighted by Gasteiger charge is 2.22. The molecule has 6 heteroatoms. The molecule has 0 aliphatic heterocycles. The number of aromatic nitrogens is 2. The molecule has 0 fully saturated rings. The molecule has 28 heavy (non-hydrogen) atoms. The number of nitrogens with zero attached hydrogens (tertiary/aromatic N) is 2. The Morgan fingerprint density at radius 2 is 1.89 bits per heavy atom. The van der Waals surface area contributed by atoms with E-state index >= 15 is 0 Å². The van der Waals surface area contributed by atoms with Gasteiger partial charge in [-0.25, -0.2) is 4.68 Å². The molecule has 0 unspecified atom stereocenters. The summed E-state index contributed by atoms with van der Waals surface area (Å²) in [6, 6.07) is 14.8. The van der Waals surface area contributed by atoms with Gasteiger partial charge in [0.15, 0.2) is 0 Å². The van der Waals surface area contributed by atoms with Crippen LogP contribution >= 0.6 is 11.3 Å². The predicted molar refractivity (Wildman–Crippen MR) is 115 cm³/mol. The highest BCUT2D eigenvalue weighted by atomic mass is 32.1. The van der Waals surface area contributed by atoms with E-state index in [1.807, 2.05) is 55.5 Å². The summed E-state index contributed by atoms with van der Waals surface area (Å²) in [5.74, 6) is -0.267. The van der Waals surface area contributed by atoms with E-state index in [-0.39, 0.29) is 11.5 Å². The standard InChI is InChI=1S/C22H21N3O2S/c1-4-15-9-11-16(12-10-15)23-21(26)14(3)25-22(27)19-17-7-5-6-8-18(17)28-20(19)13(2)24-25/h5-12,14H,4H2,1-3H3,(H,23,26)/t14-/m1/s1. The molecule has 0 bridgehead atoms. The molecule has 0 saturated carbocycles. The Bertz CT molecular complexity index is 1240. The molecule has 1 amide bonds. The van der Waals surface area contributed by atoms with Crippen LogP contribution in [0.5, 0.6) is 0 Å². The van der Waals surface area contributed by atoms with E-state index in [1.54, 1.807) is 18.3 Å². The molecule has 2 heterocycles. The Morgan fingerprint density at radius 1 is 1.18 bits per heavy atom. The molecule has 0 aliphatic carbocycles. The van der Waals surface area contributed by atoms with Gasteiger partial charge < -0.3 is 5.32 Å². The van der Waals surface area contributed by atoms with E-state index in [4.69, 9.17) is 0 Å². The van der Waals surface area contributed by atoms with Gasteiger partial charge in [-0.05, 0) is 44.0 Å². The third kappa shape index (κ3) is 3.10. The smallest absolute Gasteiger partial charge is 0.276 e. The molecule has 1 atom stereocenters. The van der Waals surface area contributed by atoms with E-state index in [1.165, 1.54) is 10.2 Å². The maximum absolute atomic E-state index is 13.2. The summed E-state index contributed by atoms with van der Waals surface area (Å²) in [6.45, 7) is 5.66. The summed E-state index contributed by atoms with van der Waals surface area (Å²) in [5, 5.41) is 8.87. The van der Waals surface area contributed by atoms with Crippen molar-refractivity contribution < 1.29 is 4.79 Å². The number of fused-ring (bicyclic) bond motifs is 3. The second kappa shape index (κ2) is 7.20. The van der Waals surface area contributed by atoms with Gasteiger partial charge in [-0.3, -0.25) is 9.59 Å². The van der Waals surface area contributed by atoms with Crippen molar-refractivity contribution in [2.24, 2.45) is 0 Å². The monoisotopic (exact) mass is 391 g/mol. The summed E-state index contributed by atoms with van der Waals surface area (Å²) >= 11 is 1.56. The zero-order valence-corrected chi connectivity index (χ0v) is 16.8. The van der Waals surface area contributed by atoms with Crippen molar-refractivity contribution >= 4 is 43.1 Å². The van der Waals surface area contributed by atoms with Gasteiger partial charge in [0.1, 0.15) is 6.04 Å². The predicted octanol–water partition coefficient (Wildman–Crippen LogP) is 4.68. The van der Waals surface area contributed by atoms with Gasteiger partial charge in [-0.15, -0.1) is 11.3 Å². The van der Waals surface area contributed by atoms with Crippen molar-refractivity contribution in [1.29, 1.82) is 0 Å². The van der Waals surface area contributed by atoms with Crippen molar-refractivity contribution in [1.82, 2.24) is 9.78 Å². The van der Waals surface area contributed by atoms with Gasteiger partial charge in [0.05, 0.1) is 15.8 Å². The van der Waals surface area contributed by atoms with Crippen LogP contribution in [0.15, 0.2) is 53.3 Å².